The normalized spacial score (nSPS) is 14.6. The van der Waals surface area contributed by atoms with Gasteiger partial charge in [-0.15, -0.1) is 0 Å². The summed E-state index contributed by atoms with van der Waals surface area (Å²) in [4.78, 5) is 10.8. The van der Waals surface area contributed by atoms with Crippen molar-refractivity contribution in [3.05, 3.63) is 11.6 Å². The van der Waals surface area contributed by atoms with Crippen LogP contribution in [-0.2, 0) is 9.22 Å². The van der Waals surface area contributed by atoms with Crippen LogP contribution in [-0.4, -0.2) is 21.2 Å². The Morgan fingerprint density at radius 1 is 1.16 bits per heavy atom. The summed E-state index contributed by atoms with van der Waals surface area (Å²) in [5.41, 5.74) is 1.07. The molecule has 0 saturated carbocycles. The Morgan fingerprint density at radius 2 is 1.68 bits per heavy atom. The van der Waals surface area contributed by atoms with E-state index in [1.807, 2.05) is 13.8 Å². The van der Waals surface area contributed by atoms with Gasteiger partial charge in [-0.25, -0.2) is 0 Å². The van der Waals surface area contributed by atoms with E-state index in [9.17, 15) is 4.79 Å². The van der Waals surface area contributed by atoms with Crippen molar-refractivity contribution in [1.29, 1.82) is 0 Å². The number of carbonyl (C=O) groups excluding carboxylic acids is 1. The summed E-state index contributed by atoms with van der Waals surface area (Å²) in [6.07, 6.45) is 4.97. The van der Waals surface area contributed by atoms with Crippen LogP contribution in [0.5, 0.6) is 0 Å². The van der Waals surface area contributed by atoms with Crippen LogP contribution in [0.3, 0.4) is 0 Å². The second-order valence-corrected chi connectivity index (χ2v) is 12.5. The van der Waals surface area contributed by atoms with Crippen molar-refractivity contribution in [3.63, 3.8) is 0 Å². The second-order valence-electron chi connectivity index (χ2n) is 7.72. The first-order valence-electron chi connectivity index (χ1n) is 7.17. The van der Waals surface area contributed by atoms with E-state index < -0.39 is 8.32 Å². The molecule has 0 amide bonds. The zero-order valence-electron chi connectivity index (χ0n) is 14.1. The van der Waals surface area contributed by atoms with E-state index in [-0.39, 0.29) is 10.5 Å². The number of allylic oxidation sites excluding steroid dienone is 1. The largest absolute Gasteiger partial charge is 0.417 e. The van der Waals surface area contributed by atoms with Gasteiger partial charge in [0, 0.05) is 12.0 Å². The van der Waals surface area contributed by atoms with Crippen molar-refractivity contribution in [2.45, 2.75) is 72.5 Å². The summed E-state index contributed by atoms with van der Waals surface area (Å²) in [5.74, 6) is 0. The zero-order chi connectivity index (χ0) is 15.3. The van der Waals surface area contributed by atoms with Gasteiger partial charge >= 0.3 is 0 Å². The quantitative estimate of drug-likeness (QED) is 0.375. The second kappa shape index (κ2) is 6.85. The van der Waals surface area contributed by atoms with Gasteiger partial charge in [0.05, 0.1) is 0 Å². The highest BCUT2D eigenvalue weighted by Gasteiger charge is 2.36. The molecule has 0 N–H and O–H groups in total. The van der Waals surface area contributed by atoms with Crippen LogP contribution in [0.2, 0.25) is 18.1 Å². The van der Waals surface area contributed by atoms with Gasteiger partial charge in [-0.05, 0) is 37.9 Å². The van der Waals surface area contributed by atoms with Gasteiger partial charge in [0.15, 0.2) is 8.32 Å². The zero-order valence-corrected chi connectivity index (χ0v) is 15.1. The molecule has 0 aromatic rings. The molecule has 0 unspecified atom stereocenters. The van der Waals surface area contributed by atoms with Crippen molar-refractivity contribution in [2.24, 2.45) is 5.41 Å². The Labute approximate surface area is 120 Å². The smallest absolute Gasteiger partial charge is 0.191 e. The number of aldehydes is 1. The summed E-state index contributed by atoms with van der Waals surface area (Å²) in [6, 6.07) is 0. The Hall–Kier alpha value is -0.413. The van der Waals surface area contributed by atoms with E-state index in [1.165, 1.54) is 5.57 Å². The van der Waals surface area contributed by atoms with Gasteiger partial charge in [0.25, 0.3) is 0 Å². The molecular formula is C16H32O2Si. The monoisotopic (exact) mass is 284 g/mol. The fraction of sp³-hybridized carbons (Fsp3) is 0.812. The molecule has 0 saturated heterocycles. The summed E-state index contributed by atoms with van der Waals surface area (Å²) in [7, 11) is -1.62. The predicted molar refractivity (Wildman–Crippen MR) is 86.0 cm³/mol. The van der Waals surface area contributed by atoms with Gasteiger partial charge in [0.2, 0.25) is 0 Å². The Morgan fingerprint density at radius 3 is 2.11 bits per heavy atom. The van der Waals surface area contributed by atoms with Crippen LogP contribution in [0.25, 0.3) is 0 Å². The minimum Gasteiger partial charge on any atom is -0.417 e. The highest BCUT2D eigenvalue weighted by Crippen LogP contribution is 2.36. The first-order valence-corrected chi connectivity index (χ1v) is 10.1. The highest BCUT2D eigenvalue weighted by molar-refractivity contribution is 6.74. The van der Waals surface area contributed by atoms with Crippen molar-refractivity contribution in [3.8, 4) is 0 Å². The standard InChI is InChI=1S/C16H32O2Si/c1-14(9-11-16(5,6)13-17)10-12-18-19(7,8)15(2,3)4/h9,13H,10-12H2,1-8H3/b14-9+. The van der Waals surface area contributed by atoms with Crippen LogP contribution in [0.4, 0.5) is 0 Å². The average Bonchev–Trinajstić information content (AvgIpc) is 2.25. The lowest BCUT2D eigenvalue weighted by atomic mass is 9.90. The fourth-order valence-electron chi connectivity index (χ4n) is 1.27. The van der Waals surface area contributed by atoms with Gasteiger partial charge in [-0.3, -0.25) is 0 Å². The van der Waals surface area contributed by atoms with E-state index in [4.69, 9.17) is 4.43 Å². The third kappa shape index (κ3) is 7.07. The predicted octanol–water partition coefficient (Wildman–Crippen LogP) is 4.96. The van der Waals surface area contributed by atoms with Crippen LogP contribution >= 0.6 is 0 Å². The molecule has 0 atom stereocenters. The summed E-state index contributed by atoms with van der Waals surface area (Å²) >= 11 is 0. The molecule has 0 aromatic heterocycles. The number of hydrogen-bond acceptors (Lipinski definition) is 2. The van der Waals surface area contributed by atoms with Crippen LogP contribution < -0.4 is 0 Å². The molecule has 0 aliphatic heterocycles. The molecule has 3 heteroatoms. The van der Waals surface area contributed by atoms with Crippen LogP contribution in [0.15, 0.2) is 11.6 Å². The Balaban J connectivity index is 4.22. The number of hydrogen-bond donors (Lipinski definition) is 0. The van der Waals surface area contributed by atoms with Gasteiger partial charge in [0.1, 0.15) is 6.29 Å². The van der Waals surface area contributed by atoms with Crippen molar-refractivity contribution in [1.82, 2.24) is 0 Å². The minimum atomic E-state index is -1.62. The molecule has 0 aromatic carbocycles. The Bertz CT molecular complexity index is 322. The fourth-order valence-corrected chi connectivity index (χ4v) is 2.32. The molecule has 0 aliphatic rings. The maximum Gasteiger partial charge on any atom is 0.191 e. The molecule has 0 radical (unpaired) electrons. The first kappa shape index (κ1) is 18.6. The van der Waals surface area contributed by atoms with Gasteiger partial charge in [-0.2, -0.15) is 0 Å². The van der Waals surface area contributed by atoms with E-state index in [0.717, 1.165) is 25.7 Å². The minimum absolute atomic E-state index is 0.248. The lowest BCUT2D eigenvalue weighted by Gasteiger charge is -2.36. The molecule has 2 nitrogen and oxygen atoms in total. The molecule has 0 spiro atoms. The summed E-state index contributed by atoms with van der Waals surface area (Å²) in [5, 5.41) is 0.268. The van der Waals surface area contributed by atoms with Crippen LogP contribution in [0.1, 0.15) is 54.4 Å². The molecule has 19 heavy (non-hydrogen) atoms. The topological polar surface area (TPSA) is 26.3 Å². The summed E-state index contributed by atoms with van der Waals surface area (Å²) in [6.45, 7) is 18.2. The molecule has 0 rings (SSSR count). The van der Waals surface area contributed by atoms with E-state index in [2.05, 4.69) is 46.9 Å². The lowest BCUT2D eigenvalue weighted by molar-refractivity contribution is -0.114. The van der Waals surface area contributed by atoms with E-state index in [1.54, 1.807) is 0 Å². The number of carbonyl (C=O) groups is 1. The van der Waals surface area contributed by atoms with Gasteiger partial charge in [-0.1, -0.05) is 46.3 Å². The highest BCUT2D eigenvalue weighted by atomic mass is 28.4. The lowest BCUT2D eigenvalue weighted by Crippen LogP contribution is -2.41. The molecule has 0 fully saturated rings. The maximum atomic E-state index is 10.8. The van der Waals surface area contributed by atoms with Gasteiger partial charge < -0.3 is 9.22 Å². The number of rotatable bonds is 7. The molecule has 0 heterocycles. The van der Waals surface area contributed by atoms with E-state index >= 15 is 0 Å². The maximum absolute atomic E-state index is 10.8. The average molecular weight is 285 g/mol. The molecule has 0 bridgehead atoms. The van der Waals surface area contributed by atoms with E-state index in [0.29, 0.717) is 0 Å². The third-order valence-corrected chi connectivity index (χ3v) is 8.60. The molecular weight excluding hydrogens is 252 g/mol. The van der Waals surface area contributed by atoms with Crippen LogP contribution in [0, 0.1) is 5.41 Å². The van der Waals surface area contributed by atoms with Crippen molar-refractivity contribution in [2.75, 3.05) is 6.61 Å². The van der Waals surface area contributed by atoms with Crippen molar-refractivity contribution < 1.29 is 9.22 Å². The van der Waals surface area contributed by atoms with Crippen molar-refractivity contribution >= 4 is 14.6 Å². The summed E-state index contributed by atoms with van der Waals surface area (Å²) < 4.78 is 6.15. The third-order valence-electron chi connectivity index (χ3n) is 4.06. The molecule has 0 aliphatic carbocycles. The SMILES string of the molecule is C/C(=C\CC(C)(C)C=O)CCO[Si](C)(C)C(C)(C)C. The molecule has 112 valence electrons. The first-order chi connectivity index (χ1) is 8.41. The Kier molecular flexibility index (Phi) is 6.70.